The molecule has 134 valence electrons. The molecule has 8 heteroatoms. The SMILES string of the molecule is CC(=O)c1ccccc1OCc1cc(C(F)(F)F)cc(C(F)(F)F)c1. The van der Waals surface area contributed by atoms with E-state index in [2.05, 4.69) is 0 Å². The van der Waals surface area contributed by atoms with Crippen LogP contribution in [0.2, 0.25) is 0 Å². The van der Waals surface area contributed by atoms with E-state index < -0.39 is 30.1 Å². The van der Waals surface area contributed by atoms with Gasteiger partial charge >= 0.3 is 12.4 Å². The summed E-state index contributed by atoms with van der Waals surface area (Å²) >= 11 is 0. The van der Waals surface area contributed by atoms with Crippen molar-refractivity contribution in [2.24, 2.45) is 0 Å². The molecular formula is C17H12F6O2. The smallest absolute Gasteiger partial charge is 0.416 e. The first kappa shape index (κ1) is 18.8. The Balaban J connectivity index is 2.35. The first-order valence-corrected chi connectivity index (χ1v) is 6.99. The van der Waals surface area contributed by atoms with Crippen molar-refractivity contribution in [2.75, 3.05) is 0 Å². The Morgan fingerprint density at radius 3 is 1.92 bits per heavy atom. The van der Waals surface area contributed by atoms with Crippen molar-refractivity contribution in [1.82, 2.24) is 0 Å². The topological polar surface area (TPSA) is 26.3 Å². The number of hydrogen-bond acceptors (Lipinski definition) is 2. The number of Topliss-reactive ketones (excluding diaryl/α,β-unsaturated/α-hetero) is 1. The van der Waals surface area contributed by atoms with Gasteiger partial charge in [-0.2, -0.15) is 26.3 Å². The monoisotopic (exact) mass is 362 g/mol. The zero-order chi connectivity index (χ0) is 18.8. The van der Waals surface area contributed by atoms with E-state index in [4.69, 9.17) is 4.74 Å². The molecule has 0 bridgehead atoms. The highest BCUT2D eigenvalue weighted by Gasteiger charge is 2.36. The van der Waals surface area contributed by atoms with Crippen LogP contribution in [0.3, 0.4) is 0 Å². The Labute approximate surface area is 139 Å². The molecule has 0 radical (unpaired) electrons. The van der Waals surface area contributed by atoms with E-state index in [1.807, 2.05) is 0 Å². The highest BCUT2D eigenvalue weighted by atomic mass is 19.4. The second kappa shape index (κ2) is 6.78. The van der Waals surface area contributed by atoms with Crippen LogP contribution in [0.5, 0.6) is 5.75 Å². The molecule has 2 aromatic rings. The van der Waals surface area contributed by atoms with E-state index in [1.165, 1.54) is 25.1 Å². The van der Waals surface area contributed by atoms with Crippen molar-refractivity contribution in [3.8, 4) is 5.75 Å². The van der Waals surface area contributed by atoms with Crippen LogP contribution >= 0.6 is 0 Å². The highest BCUT2D eigenvalue weighted by molar-refractivity contribution is 5.96. The Kier molecular flexibility index (Phi) is 5.10. The van der Waals surface area contributed by atoms with Gasteiger partial charge in [0.05, 0.1) is 16.7 Å². The Morgan fingerprint density at radius 1 is 0.920 bits per heavy atom. The van der Waals surface area contributed by atoms with Crippen LogP contribution in [-0.4, -0.2) is 5.78 Å². The molecule has 0 amide bonds. The molecular weight excluding hydrogens is 350 g/mol. The summed E-state index contributed by atoms with van der Waals surface area (Å²) in [4.78, 5) is 11.5. The Bertz CT molecular complexity index is 745. The highest BCUT2D eigenvalue weighted by Crippen LogP contribution is 2.36. The van der Waals surface area contributed by atoms with E-state index >= 15 is 0 Å². The standard InChI is InChI=1S/C17H12F6O2/c1-10(24)14-4-2-3-5-15(14)25-9-11-6-12(16(18,19)20)8-13(7-11)17(21,22)23/h2-8H,9H2,1H3. The third-order valence-corrected chi connectivity index (χ3v) is 3.31. The zero-order valence-electron chi connectivity index (χ0n) is 12.8. The second-order valence-corrected chi connectivity index (χ2v) is 5.26. The molecule has 0 aliphatic heterocycles. The molecule has 0 spiro atoms. The lowest BCUT2D eigenvalue weighted by Gasteiger charge is -2.15. The number of para-hydroxylation sites is 1. The van der Waals surface area contributed by atoms with Crippen LogP contribution in [0.4, 0.5) is 26.3 Å². The first-order valence-electron chi connectivity index (χ1n) is 6.99. The average Bonchev–Trinajstić information content (AvgIpc) is 2.51. The fourth-order valence-corrected chi connectivity index (χ4v) is 2.15. The molecule has 2 nitrogen and oxygen atoms in total. The lowest BCUT2D eigenvalue weighted by molar-refractivity contribution is -0.143. The normalized spacial score (nSPS) is 12.1. The lowest BCUT2D eigenvalue weighted by atomic mass is 10.1. The van der Waals surface area contributed by atoms with E-state index in [0.29, 0.717) is 12.1 Å². The van der Waals surface area contributed by atoms with Gasteiger partial charge in [0.25, 0.3) is 0 Å². The lowest BCUT2D eigenvalue weighted by Crippen LogP contribution is -2.12. The van der Waals surface area contributed by atoms with Crippen molar-refractivity contribution in [3.63, 3.8) is 0 Å². The molecule has 0 aliphatic carbocycles. The molecule has 25 heavy (non-hydrogen) atoms. The van der Waals surface area contributed by atoms with Gasteiger partial charge in [-0.05, 0) is 42.8 Å². The van der Waals surface area contributed by atoms with Crippen LogP contribution in [-0.2, 0) is 19.0 Å². The molecule has 0 aromatic heterocycles. The number of alkyl halides is 6. The molecule has 2 rings (SSSR count). The minimum atomic E-state index is -4.92. The largest absolute Gasteiger partial charge is 0.488 e. The molecule has 0 fully saturated rings. The van der Waals surface area contributed by atoms with E-state index in [-0.39, 0.29) is 28.7 Å². The predicted octanol–water partition coefficient (Wildman–Crippen LogP) is 5.51. The second-order valence-electron chi connectivity index (χ2n) is 5.26. The molecule has 0 heterocycles. The Hall–Kier alpha value is -2.51. The van der Waals surface area contributed by atoms with Crippen LogP contribution in [0.15, 0.2) is 42.5 Å². The number of carbonyl (C=O) groups excluding carboxylic acids is 1. The number of carbonyl (C=O) groups is 1. The number of hydrogen-bond donors (Lipinski definition) is 0. The molecule has 0 saturated heterocycles. The zero-order valence-corrected chi connectivity index (χ0v) is 12.8. The molecule has 0 atom stereocenters. The van der Waals surface area contributed by atoms with E-state index in [1.54, 1.807) is 6.07 Å². The van der Waals surface area contributed by atoms with Gasteiger partial charge in [0.15, 0.2) is 5.78 Å². The van der Waals surface area contributed by atoms with Gasteiger partial charge in [-0.15, -0.1) is 0 Å². The van der Waals surface area contributed by atoms with Gasteiger partial charge in [0.2, 0.25) is 0 Å². The maximum atomic E-state index is 12.8. The fraction of sp³-hybridized carbons (Fsp3) is 0.235. The quantitative estimate of drug-likeness (QED) is 0.530. The third kappa shape index (κ3) is 4.74. The first-order chi connectivity index (χ1) is 11.5. The minimum Gasteiger partial charge on any atom is -0.488 e. The number of ketones is 1. The summed E-state index contributed by atoms with van der Waals surface area (Å²) in [5.74, 6) is -0.253. The van der Waals surface area contributed by atoms with Crippen molar-refractivity contribution < 1.29 is 35.9 Å². The van der Waals surface area contributed by atoms with Crippen LogP contribution in [0.25, 0.3) is 0 Å². The van der Waals surface area contributed by atoms with Crippen molar-refractivity contribution in [2.45, 2.75) is 25.9 Å². The fourth-order valence-electron chi connectivity index (χ4n) is 2.15. The van der Waals surface area contributed by atoms with Crippen LogP contribution < -0.4 is 4.74 Å². The predicted molar refractivity (Wildman–Crippen MR) is 77.2 cm³/mol. The Morgan fingerprint density at radius 2 is 1.44 bits per heavy atom. The van der Waals surface area contributed by atoms with Gasteiger partial charge in [0.1, 0.15) is 12.4 Å². The van der Waals surface area contributed by atoms with Gasteiger partial charge in [0, 0.05) is 0 Å². The van der Waals surface area contributed by atoms with E-state index in [9.17, 15) is 31.1 Å². The van der Waals surface area contributed by atoms with Gasteiger partial charge in [-0.25, -0.2) is 0 Å². The van der Waals surface area contributed by atoms with Gasteiger partial charge in [-0.3, -0.25) is 4.79 Å². The number of rotatable bonds is 4. The molecule has 0 saturated carbocycles. The molecule has 0 aliphatic rings. The summed E-state index contributed by atoms with van der Waals surface area (Å²) in [6.45, 7) is 0.728. The maximum absolute atomic E-state index is 12.8. The average molecular weight is 362 g/mol. The van der Waals surface area contributed by atoms with Crippen LogP contribution in [0.1, 0.15) is 34.0 Å². The summed E-state index contributed by atoms with van der Waals surface area (Å²) < 4.78 is 82.2. The van der Waals surface area contributed by atoms with Crippen LogP contribution in [0, 0.1) is 0 Å². The summed E-state index contributed by atoms with van der Waals surface area (Å²) in [6.07, 6.45) is -9.85. The molecule has 2 aromatic carbocycles. The summed E-state index contributed by atoms with van der Waals surface area (Å²) in [5, 5.41) is 0. The third-order valence-electron chi connectivity index (χ3n) is 3.31. The molecule has 0 unspecified atom stereocenters. The van der Waals surface area contributed by atoms with Crippen molar-refractivity contribution in [1.29, 1.82) is 0 Å². The minimum absolute atomic E-state index is 0.0486. The maximum Gasteiger partial charge on any atom is 0.416 e. The molecule has 0 N–H and O–H groups in total. The van der Waals surface area contributed by atoms with Gasteiger partial charge in [-0.1, -0.05) is 12.1 Å². The van der Waals surface area contributed by atoms with Crippen molar-refractivity contribution in [3.05, 3.63) is 64.7 Å². The summed E-state index contributed by atoms with van der Waals surface area (Å²) in [7, 11) is 0. The van der Waals surface area contributed by atoms with E-state index in [0.717, 1.165) is 0 Å². The number of ether oxygens (including phenoxy) is 1. The summed E-state index contributed by atoms with van der Waals surface area (Å²) in [5.41, 5.74) is -2.95. The van der Waals surface area contributed by atoms with Crippen molar-refractivity contribution >= 4 is 5.78 Å². The van der Waals surface area contributed by atoms with Gasteiger partial charge < -0.3 is 4.74 Å². The summed E-state index contributed by atoms with van der Waals surface area (Å²) in [6, 6.07) is 7.19. The number of benzene rings is 2. The number of halogens is 6.